The molecule has 1 fully saturated rings. The van der Waals surface area contributed by atoms with Crippen LogP contribution in [0.25, 0.3) is 0 Å². The molecule has 1 N–H and O–H groups in total. The molecule has 1 aliphatic heterocycles. The zero-order valence-electron chi connectivity index (χ0n) is 8.46. The lowest BCUT2D eigenvalue weighted by Gasteiger charge is -2.15. The normalized spacial score (nSPS) is 24.5. The third kappa shape index (κ3) is 3.71. The van der Waals surface area contributed by atoms with Crippen LogP contribution in [0, 0.1) is 5.92 Å². The molecule has 0 aromatic rings. The molecule has 15 heavy (non-hydrogen) atoms. The van der Waals surface area contributed by atoms with E-state index in [9.17, 15) is 16.8 Å². The van der Waals surface area contributed by atoms with Gasteiger partial charge in [0.05, 0.1) is 0 Å². The summed E-state index contributed by atoms with van der Waals surface area (Å²) in [6.45, 7) is 0.447. The van der Waals surface area contributed by atoms with Gasteiger partial charge in [-0.3, -0.25) is 0 Å². The first-order valence-corrected chi connectivity index (χ1v) is 8.18. The molecule has 0 saturated carbocycles. The minimum absolute atomic E-state index is 0.0646. The number of sulfonamides is 1. The quantitative estimate of drug-likeness (QED) is 0.671. The van der Waals surface area contributed by atoms with Crippen LogP contribution in [0.1, 0.15) is 6.42 Å². The van der Waals surface area contributed by atoms with E-state index in [0.29, 0.717) is 13.0 Å². The Hall–Kier alpha value is -0.180. The Morgan fingerprint density at radius 1 is 1.33 bits per heavy atom. The van der Waals surface area contributed by atoms with Crippen LogP contribution in [0.5, 0.6) is 0 Å². The van der Waals surface area contributed by atoms with Gasteiger partial charge >= 0.3 is 0 Å². The summed E-state index contributed by atoms with van der Waals surface area (Å²) in [6, 6.07) is 0. The molecule has 0 aliphatic carbocycles. The van der Waals surface area contributed by atoms with Gasteiger partial charge in [-0.1, -0.05) is 0 Å². The minimum Gasteiger partial charge on any atom is -0.396 e. The molecule has 1 unspecified atom stereocenters. The molecule has 0 spiro atoms. The summed E-state index contributed by atoms with van der Waals surface area (Å²) < 4.78 is 46.1. The topological polar surface area (TPSA) is 91.8 Å². The molecule has 90 valence electrons. The van der Waals surface area contributed by atoms with Gasteiger partial charge in [0.2, 0.25) is 10.0 Å². The van der Waals surface area contributed by atoms with E-state index in [1.807, 2.05) is 0 Å². The lowest BCUT2D eigenvalue weighted by molar-refractivity contribution is 0.233. The van der Waals surface area contributed by atoms with E-state index >= 15 is 0 Å². The van der Waals surface area contributed by atoms with Gasteiger partial charge in [-0.25, -0.2) is 21.1 Å². The van der Waals surface area contributed by atoms with Crippen LogP contribution in [-0.2, 0) is 19.9 Å². The van der Waals surface area contributed by atoms with Gasteiger partial charge in [0.25, 0.3) is 0 Å². The Morgan fingerprint density at radius 3 is 2.33 bits per heavy atom. The van der Waals surface area contributed by atoms with Crippen molar-refractivity contribution in [2.75, 3.05) is 31.0 Å². The van der Waals surface area contributed by atoms with Crippen molar-refractivity contribution in [1.82, 2.24) is 4.31 Å². The van der Waals surface area contributed by atoms with Gasteiger partial charge in [0.1, 0.15) is 0 Å². The summed E-state index contributed by atoms with van der Waals surface area (Å²) in [6.07, 6.45) is 1.48. The average molecular weight is 257 g/mol. The first-order chi connectivity index (χ1) is 6.74. The highest BCUT2D eigenvalue weighted by atomic mass is 32.3. The molecule has 6 nitrogen and oxygen atoms in total. The molecule has 1 aliphatic rings. The highest BCUT2D eigenvalue weighted by Gasteiger charge is 2.32. The summed E-state index contributed by atoms with van der Waals surface area (Å²) in [5, 5.41) is 7.99. The second kappa shape index (κ2) is 4.36. The van der Waals surface area contributed by atoms with Crippen molar-refractivity contribution >= 4 is 19.9 Å². The Morgan fingerprint density at radius 2 is 1.93 bits per heavy atom. The highest BCUT2D eigenvalue weighted by Crippen LogP contribution is 2.19. The van der Waals surface area contributed by atoms with E-state index in [-0.39, 0.29) is 19.1 Å². The Labute approximate surface area is 89.9 Å². The van der Waals surface area contributed by atoms with Crippen molar-refractivity contribution in [3.63, 3.8) is 0 Å². The minimum atomic E-state index is -3.73. The first-order valence-electron chi connectivity index (χ1n) is 4.51. The van der Waals surface area contributed by atoms with Crippen molar-refractivity contribution in [2.24, 2.45) is 5.92 Å². The number of rotatable bonds is 4. The van der Waals surface area contributed by atoms with Crippen LogP contribution in [0.3, 0.4) is 0 Å². The monoisotopic (exact) mass is 257 g/mol. The molecule has 0 aromatic carbocycles. The zero-order valence-corrected chi connectivity index (χ0v) is 10.1. The van der Waals surface area contributed by atoms with Crippen LogP contribution in [-0.4, -0.2) is 57.3 Å². The van der Waals surface area contributed by atoms with E-state index in [2.05, 4.69) is 0 Å². The van der Waals surface area contributed by atoms with Crippen LogP contribution in [0.4, 0.5) is 0 Å². The molecule has 1 saturated heterocycles. The van der Waals surface area contributed by atoms with Gasteiger partial charge < -0.3 is 5.11 Å². The summed E-state index contributed by atoms with van der Waals surface area (Å²) in [4.78, 5) is 0. The molecule has 0 radical (unpaired) electrons. The second-order valence-corrected chi connectivity index (χ2v) is 8.33. The highest BCUT2D eigenvalue weighted by molar-refractivity contribution is 8.06. The van der Waals surface area contributed by atoms with E-state index in [4.69, 9.17) is 5.11 Å². The maximum atomic E-state index is 11.6. The molecule has 0 aromatic heterocycles. The van der Waals surface area contributed by atoms with Crippen LogP contribution in [0.2, 0.25) is 0 Å². The maximum absolute atomic E-state index is 11.6. The largest absolute Gasteiger partial charge is 0.396 e. The van der Waals surface area contributed by atoms with Gasteiger partial charge in [-0.2, -0.15) is 0 Å². The fourth-order valence-electron chi connectivity index (χ4n) is 1.54. The molecule has 1 rings (SSSR count). The molecule has 0 bridgehead atoms. The lowest BCUT2D eigenvalue weighted by Crippen LogP contribution is -2.33. The zero-order chi connectivity index (χ0) is 11.7. The lowest BCUT2D eigenvalue weighted by atomic mass is 10.1. The van der Waals surface area contributed by atoms with Crippen molar-refractivity contribution in [2.45, 2.75) is 6.42 Å². The fourth-order valence-corrected chi connectivity index (χ4v) is 5.13. The number of hydrogen-bond acceptors (Lipinski definition) is 5. The Bertz CT molecular complexity index is 413. The summed E-state index contributed by atoms with van der Waals surface area (Å²) >= 11 is 0. The van der Waals surface area contributed by atoms with E-state index in [1.165, 1.54) is 0 Å². The van der Waals surface area contributed by atoms with Crippen molar-refractivity contribution < 1.29 is 21.9 Å². The molecular weight excluding hydrogens is 242 g/mol. The van der Waals surface area contributed by atoms with Gasteiger partial charge in [0.15, 0.2) is 14.9 Å². The molecular formula is C7H15NO5S2. The van der Waals surface area contributed by atoms with Crippen molar-refractivity contribution in [3.8, 4) is 0 Å². The number of aliphatic hydroxyl groups is 1. The average Bonchev–Trinajstić information content (AvgIpc) is 2.47. The fraction of sp³-hybridized carbons (Fsp3) is 1.00. The number of nitrogens with zero attached hydrogens (tertiary/aromatic N) is 1. The van der Waals surface area contributed by atoms with Gasteiger partial charge in [-0.15, -0.1) is 0 Å². The Kier molecular flexibility index (Phi) is 3.75. The predicted octanol–water partition coefficient (Wildman–Crippen LogP) is -1.37. The standard InChI is InChI=1S/C7H15NO5S2/c1-14(10,11)6-15(12,13)8-3-2-7(4-8)5-9/h7,9H,2-6H2,1H3. The molecule has 1 atom stereocenters. The van der Waals surface area contributed by atoms with E-state index in [1.54, 1.807) is 0 Å². The van der Waals surface area contributed by atoms with E-state index in [0.717, 1.165) is 10.6 Å². The number of sulfone groups is 1. The molecule has 0 amide bonds. The first kappa shape index (κ1) is 12.9. The van der Waals surface area contributed by atoms with E-state index < -0.39 is 24.9 Å². The van der Waals surface area contributed by atoms with Gasteiger partial charge in [0, 0.05) is 26.0 Å². The molecule has 1 heterocycles. The summed E-state index contributed by atoms with van der Waals surface area (Å²) in [5.41, 5.74) is 0. The van der Waals surface area contributed by atoms with Crippen LogP contribution < -0.4 is 0 Å². The van der Waals surface area contributed by atoms with Crippen LogP contribution >= 0.6 is 0 Å². The third-order valence-corrected chi connectivity index (χ3v) is 6.29. The smallest absolute Gasteiger partial charge is 0.228 e. The van der Waals surface area contributed by atoms with Gasteiger partial charge in [-0.05, 0) is 12.3 Å². The predicted molar refractivity (Wildman–Crippen MR) is 55.4 cm³/mol. The van der Waals surface area contributed by atoms with Crippen molar-refractivity contribution in [1.29, 1.82) is 0 Å². The summed E-state index contributed by atoms with van der Waals surface area (Å²) in [7, 11) is -7.26. The second-order valence-electron chi connectivity index (χ2n) is 3.85. The van der Waals surface area contributed by atoms with Crippen molar-refractivity contribution in [3.05, 3.63) is 0 Å². The molecule has 8 heteroatoms. The maximum Gasteiger partial charge on any atom is 0.228 e. The summed E-state index contributed by atoms with van der Waals surface area (Å²) in [5.74, 6) is -0.0701. The third-order valence-electron chi connectivity index (χ3n) is 2.26. The van der Waals surface area contributed by atoms with Crippen LogP contribution in [0.15, 0.2) is 0 Å². The Balaban J connectivity index is 2.73. The SMILES string of the molecule is CS(=O)(=O)CS(=O)(=O)N1CCC(CO)C1. The number of aliphatic hydroxyl groups excluding tert-OH is 1. The number of hydrogen-bond donors (Lipinski definition) is 1.